The largest absolute Gasteiger partial charge is 0.391 e. The number of aliphatic hydroxyl groups is 1. The van der Waals surface area contributed by atoms with Crippen LogP contribution in [0.1, 0.15) is 24.5 Å². The van der Waals surface area contributed by atoms with E-state index in [9.17, 15) is 9.90 Å². The third-order valence-corrected chi connectivity index (χ3v) is 4.56. The molecule has 0 radical (unpaired) electrons. The van der Waals surface area contributed by atoms with Gasteiger partial charge in [-0.15, -0.1) is 0 Å². The van der Waals surface area contributed by atoms with Gasteiger partial charge < -0.3 is 10.0 Å². The molecule has 3 nitrogen and oxygen atoms in total. The number of benzene rings is 2. The van der Waals surface area contributed by atoms with E-state index in [0.717, 1.165) is 16.7 Å². The van der Waals surface area contributed by atoms with Gasteiger partial charge in [-0.1, -0.05) is 61.0 Å². The summed E-state index contributed by atoms with van der Waals surface area (Å²) >= 11 is 5.99. The van der Waals surface area contributed by atoms with E-state index in [4.69, 9.17) is 11.6 Å². The van der Waals surface area contributed by atoms with Crippen molar-refractivity contribution in [1.29, 1.82) is 0 Å². The number of carbonyl (C=O) groups is 1. The van der Waals surface area contributed by atoms with Crippen molar-refractivity contribution in [1.82, 2.24) is 4.90 Å². The summed E-state index contributed by atoms with van der Waals surface area (Å²) in [4.78, 5) is 14.7. The number of β-amino-alcohol motifs (C(OH)–C–C–N with tert-alkyl or cyclic N) is 1. The van der Waals surface area contributed by atoms with Gasteiger partial charge in [0.25, 0.3) is 5.91 Å². The molecular formula is C20H20ClNO2. The van der Waals surface area contributed by atoms with Gasteiger partial charge >= 0.3 is 0 Å². The lowest BCUT2D eigenvalue weighted by atomic mass is 9.97. The number of rotatable bonds is 5. The molecule has 0 aliphatic carbocycles. The third-order valence-electron chi connectivity index (χ3n) is 4.31. The van der Waals surface area contributed by atoms with E-state index >= 15 is 0 Å². The van der Waals surface area contributed by atoms with Crippen LogP contribution in [0.3, 0.4) is 0 Å². The Labute approximate surface area is 147 Å². The standard InChI is InChI=1S/C20H20ClNO2/c1-2-17(23)12-22-13-18(14-8-10-16(21)11-9-14)19(20(22)24)15-6-4-3-5-7-15/h3-11,17,23H,2,12-13H2,1H3. The van der Waals surface area contributed by atoms with E-state index in [1.807, 2.05) is 61.5 Å². The van der Waals surface area contributed by atoms with Crippen LogP contribution < -0.4 is 0 Å². The predicted molar refractivity (Wildman–Crippen MR) is 97.6 cm³/mol. The van der Waals surface area contributed by atoms with E-state index in [0.29, 0.717) is 30.1 Å². The van der Waals surface area contributed by atoms with Crippen LogP contribution in [0.2, 0.25) is 5.02 Å². The Hall–Kier alpha value is -2.10. The van der Waals surface area contributed by atoms with Crippen LogP contribution in [0.5, 0.6) is 0 Å². The second-order valence-corrected chi connectivity index (χ2v) is 6.41. The maximum atomic E-state index is 12.9. The highest BCUT2D eigenvalue weighted by atomic mass is 35.5. The van der Waals surface area contributed by atoms with Gasteiger partial charge in [0.2, 0.25) is 0 Å². The molecule has 1 N–H and O–H groups in total. The van der Waals surface area contributed by atoms with E-state index in [1.54, 1.807) is 4.90 Å². The fraction of sp³-hybridized carbons (Fsp3) is 0.250. The van der Waals surface area contributed by atoms with Crippen LogP contribution >= 0.6 is 11.6 Å². The van der Waals surface area contributed by atoms with Gasteiger partial charge in [0, 0.05) is 18.1 Å². The maximum absolute atomic E-state index is 12.9. The van der Waals surface area contributed by atoms with Crippen molar-refractivity contribution in [2.24, 2.45) is 0 Å². The average molecular weight is 342 g/mol. The highest BCUT2D eigenvalue weighted by Crippen LogP contribution is 2.35. The van der Waals surface area contributed by atoms with Gasteiger partial charge in [0.15, 0.2) is 0 Å². The van der Waals surface area contributed by atoms with Gasteiger partial charge in [-0.05, 0) is 35.3 Å². The number of nitrogens with zero attached hydrogens (tertiary/aromatic N) is 1. The van der Waals surface area contributed by atoms with Crippen molar-refractivity contribution in [2.75, 3.05) is 13.1 Å². The topological polar surface area (TPSA) is 40.5 Å². The number of halogens is 1. The van der Waals surface area contributed by atoms with Gasteiger partial charge in [0.05, 0.1) is 11.7 Å². The molecule has 0 spiro atoms. The summed E-state index contributed by atoms with van der Waals surface area (Å²) in [5.41, 5.74) is 3.58. The minimum absolute atomic E-state index is 0.0290. The highest BCUT2D eigenvalue weighted by Gasteiger charge is 2.32. The molecule has 1 unspecified atom stereocenters. The van der Waals surface area contributed by atoms with Gasteiger partial charge in [0.1, 0.15) is 0 Å². The molecule has 0 fully saturated rings. The van der Waals surface area contributed by atoms with E-state index in [-0.39, 0.29) is 5.91 Å². The smallest absolute Gasteiger partial charge is 0.255 e. The third kappa shape index (κ3) is 3.37. The number of hydrogen-bond donors (Lipinski definition) is 1. The number of aliphatic hydroxyl groups excluding tert-OH is 1. The molecule has 2 aromatic carbocycles. The molecule has 1 heterocycles. The molecule has 2 aromatic rings. The summed E-state index contributed by atoms with van der Waals surface area (Å²) in [6.07, 6.45) is 0.122. The van der Waals surface area contributed by atoms with E-state index in [2.05, 4.69) is 0 Å². The molecule has 0 saturated heterocycles. The lowest BCUT2D eigenvalue weighted by Gasteiger charge is -2.20. The Morgan fingerprint density at radius 1 is 1.08 bits per heavy atom. The Morgan fingerprint density at radius 2 is 1.75 bits per heavy atom. The second-order valence-electron chi connectivity index (χ2n) is 5.97. The summed E-state index contributed by atoms with van der Waals surface area (Å²) in [6, 6.07) is 17.2. The molecule has 0 aromatic heterocycles. The van der Waals surface area contributed by atoms with Crippen molar-refractivity contribution in [3.8, 4) is 0 Å². The zero-order valence-corrected chi connectivity index (χ0v) is 14.3. The lowest BCUT2D eigenvalue weighted by molar-refractivity contribution is -0.124. The first-order valence-corrected chi connectivity index (χ1v) is 8.49. The molecule has 1 aliphatic rings. The Bertz CT molecular complexity index is 753. The SMILES string of the molecule is CCC(O)CN1CC(c2ccc(Cl)cc2)=C(c2ccccc2)C1=O. The Morgan fingerprint density at radius 3 is 2.38 bits per heavy atom. The fourth-order valence-corrected chi connectivity index (χ4v) is 3.08. The van der Waals surface area contributed by atoms with Crippen molar-refractivity contribution >= 4 is 28.7 Å². The zero-order chi connectivity index (χ0) is 17.1. The molecule has 1 atom stereocenters. The first-order valence-electron chi connectivity index (χ1n) is 8.12. The van der Waals surface area contributed by atoms with Gasteiger partial charge in [-0.25, -0.2) is 0 Å². The Balaban J connectivity index is 2.03. The van der Waals surface area contributed by atoms with Crippen molar-refractivity contribution in [3.63, 3.8) is 0 Å². The molecule has 1 amide bonds. The van der Waals surface area contributed by atoms with Crippen molar-refractivity contribution in [2.45, 2.75) is 19.4 Å². The molecule has 4 heteroatoms. The molecule has 0 saturated carbocycles. The number of hydrogen-bond acceptors (Lipinski definition) is 2. The predicted octanol–water partition coefficient (Wildman–Crippen LogP) is 3.86. The molecule has 0 bridgehead atoms. The summed E-state index contributed by atoms with van der Waals surface area (Å²) in [6.45, 7) is 2.77. The van der Waals surface area contributed by atoms with Crippen LogP contribution in [0, 0.1) is 0 Å². The zero-order valence-electron chi connectivity index (χ0n) is 13.6. The Kier molecular flexibility index (Phi) is 5.03. The fourth-order valence-electron chi connectivity index (χ4n) is 2.95. The summed E-state index contributed by atoms with van der Waals surface area (Å²) < 4.78 is 0. The highest BCUT2D eigenvalue weighted by molar-refractivity contribution is 6.31. The maximum Gasteiger partial charge on any atom is 0.255 e. The first kappa shape index (κ1) is 16.7. The lowest BCUT2D eigenvalue weighted by Crippen LogP contribution is -2.34. The quantitative estimate of drug-likeness (QED) is 0.897. The molecule has 24 heavy (non-hydrogen) atoms. The van der Waals surface area contributed by atoms with Crippen LogP contribution in [-0.4, -0.2) is 35.1 Å². The average Bonchev–Trinajstić information content (AvgIpc) is 2.92. The summed E-state index contributed by atoms with van der Waals surface area (Å²) in [5, 5.41) is 10.6. The number of carbonyl (C=O) groups excluding carboxylic acids is 1. The van der Waals surface area contributed by atoms with Crippen LogP contribution in [0.15, 0.2) is 54.6 Å². The van der Waals surface area contributed by atoms with E-state index in [1.165, 1.54) is 0 Å². The van der Waals surface area contributed by atoms with E-state index < -0.39 is 6.10 Å². The molecule has 3 rings (SSSR count). The van der Waals surface area contributed by atoms with Crippen LogP contribution in [0.25, 0.3) is 11.1 Å². The second kappa shape index (κ2) is 7.20. The van der Waals surface area contributed by atoms with Crippen molar-refractivity contribution in [3.05, 3.63) is 70.7 Å². The first-order chi connectivity index (χ1) is 11.6. The van der Waals surface area contributed by atoms with Crippen molar-refractivity contribution < 1.29 is 9.90 Å². The van der Waals surface area contributed by atoms with Gasteiger partial charge in [-0.3, -0.25) is 4.79 Å². The normalized spacial score (nSPS) is 16.0. The monoisotopic (exact) mass is 341 g/mol. The summed E-state index contributed by atoms with van der Waals surface area (Å²) in [5.74, 6) is -0.0290. The van der Waals surface area contributed by atoms with Gasteiger partial charge in [-0.2, -0.15) is 0 Å². The minimum Gasteiger partial charge on any atom is -0.391 e. The molecule has 124 valence electrons. The van der Waals surface area contributed by atoms with Crippen LogP contribution in [-0.2, 0) is 4.79 Å². The van der Waals surface area contributed by atoms with Crippen LogP contribution in [0.4, 0.5) is 0 Å². The number of amides is 1. The molecule has 1 aliphatic heterocycles. The minimum atomic E-state index is -0.504. The summed E-state index contributed by atoms with van der Waals surface area (Å²) in [7, 11) is 0. The molecular weight excluding hydrogens is 322 g/mol.